The molecule has 0 bridgehead atoms. The van der Waals surface area contributed by atoms with Crippen molar-refractivity contribution < 1.29 is 17.6 Å². The molecule has 2 aromatic rings. The zero-order chi connectivity index (χ0) is 26.2. The van der Waals surface area contributed by atoms with Crippen LogP contribution in [-0.4, -0.2) is 59.5 Å². The Kier molecular flexibility index (Phi) is 6.77. The Labute approximate surface area is 212 Å². The number of alkyl halides is 3. The smallest absolute Gasteiger partial charge is 0.376 e. The first-order valence-electron chi connectivity index (χ1n) is 12.1. The molecule has 5 rings (SSSR count). The van der Waals surface area contributed by atoms with E-state index in [2.05, 4.69) is 42.3 Å². The van der Waals surface area contributed by atoms with Crippen LogP contribution in [-0.2, 0) is 19.3 Å². The van der Waals surface area contributed by atoms with Crippen LogP contribution in [0.2, 0.25) is 0 Å². The molecule has 11 heteroatoms. The summed E-state index contributed by atoms with van der Waals surface area (Å²) in [4.78, 5) is 4.27. The van der Waals surface area contributed by atoms with E-state index in [1.807, 2.05) is 26.4 Å². The summed E-state index contributed by atoms with van der Waals surface area (Å²) < 4.78 is 53.4. The summed E-state index contributed by atoms with van der Waals surface area (Å²) in [5.74, 6) is 6.00. The standard InChI is InChI=1S/C26H27F4N7/c1-35-11-9-20-21(16-35)25(34-33-24(20)23-4-3-10-32-36(23)2)37-12-7-19(8-13-37)31-15-17-5-6-18(27)14-22(17)26(28,29)30/h5-6,9-11,14,19,23,31H,7-8,12-13,15-16H2,1-2H3. The molecule has 194 valence electrons. The summed E-state index contributed by atoms with van der Waals surface area (Å²) in [6.45, 7) is 2.08. The highest BCUT2D eigenvalue weighted by atomic mass is 19.4. The lowest BCUT2D eigenvalue weighted by Crippen LogP contribution is -2.43. The van der Waals surface area contributed by atoms with Crippen LogP contribution in [0.3, 0.4) is 0 Å². The molecule has 3 aliphatic rings. The Morgan fingerprint density at radius 3 is 2.65 bits per heavy atom. The predicted molar refractivity (Wildman–Crippen MR) is 133 cm³/mol. The van der Waals surface area contributed by atoms with Crippen molar-refractivity contribution in [2.24, 2.45) is 5.10 Å². The number of anilines is 1. The number of benzene rings is 1. The molecule has 1 aromatic heterocycles. The van der Waals surface area contributed by atoms with Gasteiger partial charge in [-0.2, -0.15) is 18.3 Å². The predicted octanol–water partition coefficient (Wildman–Crippen LogP) is 3.78. The summed E-state index contributed by atoms with van der Waals surface area (Å²) >= 11 is 0. The number of hydrazone groups is 1. The van der Waals surface area contributed by atoms with Crippen LogP contribution in [0.25, 0.3) is 6.08 Å². The molecule has 0 spiro atoms. The van der Waals surface area contributed by atoms with Gasteiger partial charge in [-0.25, -0.2) is 4.39 Å². The molecule has 1 saturated heterocycles. The highest BCUT2D eigenvalue weighted by molar-refractivity contribution is 5.79. The van der Waals surface area contributed by atoms with Gasteiger partial charge in [0.25, 0.3) is 0 Å². The summed E-state index contributed by atoms with van der Waals surface area (Å²) in [7, 11) is 3.86. The van der Waals surface area contributed by atoms with E-state index in [0.717, 1.165) is 41.5 Å². The second kappa shape index (κ2) is 10.0. The highest BCUT2D eigenvalue weighted by Crippen LogP contribution is 2.35. The molecule has 4 heterocycles. The molecule has 0 radical (unpaired) electrons. The zero-order valence-electron chi connectivity index (χ0n) is 20.6. The molecule has 1 aromatic carbocycles. The third-order valence-electron chi connectivity index (χ3n) is 6.94. The van der Waals surface area contributed by atoms with E-state index < -0.39 is 17.6 Å². The van der Waals surface area contributed by atoms with Gasteiger partial charge >= 0.3 is 6.18 Å². The number of nitrogens with one attached hydrogen (secondary N) is 1. The summed E-state index contributed by atoms with van der Waals surface area (Å²) in [5, 5.41) is 18.5. The van der Waals surface area contributed by atoms with E-state index in [-0.39, 0.29) is 24.2 Å². The van der Waals surface area contributed by atoms with Crippen LogP contribution in [0, 0.1) is 17.7 Å². The molecule has 37 heavy (non-hydrogen) atoms. The van der Waals surface area contributed by atoms with Crippen LogP contribution in [0.15, 0.2) is 29.5 Å². The number of nitrogens with zero attached hydrogens (tertiary/aromatic N) is 6. The lowest BCUT2D eigenvalue weighted by Gasteiger charge is -2.36. The van der Waals surface area contributed by atoms with Gasteiger partial charge in [0.05, 0.1) is 11.8 Å². The Balaban J connectivity index is 1.29. The normalized spacial score (nSPS) is 19.6. The zero-order valence-corrected chi connectivity index (χ0v) is 20.6. The van der Waals surface area contributed by atoms with Crippen LogP contribution in [0.5, 0.6) is 0 Å². The molecule has 0 amide bonds. The second-order valence-corrected chi connectivity index (χ2v) is 9.48. The fourth-order valence-electron chi connectivity index (χ4n) is 4.95. The average Bonchev–Trinajstić information content (AvgIpc) is 2.87. The molecular weight excluding hydrogens is 486 g/mol. The maximum absolute atomic E-state index is 13.4. The van der Waals surface area contributed by atoms with Crippen LogP contribution < -0.4 is 10.2 Å². The SMILES string of the molecule is CN1C=Cc2c(C3C#CC=NN3C)nnc(N3CCC(NCc4ccc(F)cc4C(F)(F)F)CC3)c2C1. The maximum Gasteiger partial charge on any atom is 0.416 e. The average molecular weight is 514 g/mol. The minimum atomic E-state index is -4.60. The Morgan fingerprint density at radius 2 is 1.92 bits per heavy atom. The van der Waals surface area contributed by atoms with Crippen molar-refractivity contribution >= 4 is 18.1 Å². The van der Waals surface area contributed by atoms with Crippen molar-refractivity contribution in [1.82, 2.24) is 25.4 Å². The van der Waals surface area contributed by atoms with Crippen molar-refractivity contribution in [2.75, 3.05) is 32.1 Å². The lowest BCUT2D eigenvalue weighted by atomic mass is 9.97. The summed E-state index contributed by atoms with van der Waals surface area (Å²) in [5.41, 5.74) is 1.96. The highest BCUT2D eigenvalue weighted by Gasteiger charge is 2.34. The third kappa shape index (κ3) is 5.25. The fraction of sp³-hybridized carbons (Fsp3) is 0.423. The molecule has 1 atom stereocenters. The van der Waals surface area contributed by atoms with Gasteiger partial charge in [-0.1, -0.05) is 17.9 Å². The van der Waals surface area contributed by atoms with Gasteiger partial charge < -0.3 is 15.1 Å². The number of hydrogen-bond acceptors (Lipinski definition) is 7. The van der Waals surface area contributed by atoms with Crippen molar-refractivity contribution in [1.29, 1.82) is 0 Å². The van der Waals surface area contributed by atoms with Crippen LogP contribution >= 0.6 is 0 Å². The van der Waals surface area contributed by atoms with Crippen LogP contribution in [0.4, 0.5) is 23.4 Å². The van der Waals surface area contributed by atoms with Gasteiger partial charge in [-0.05, 0) is 42.8 Å². The Bertz CT molecular complexity index is 1290. The van der Waals surface area contributed by atoms with E-state index in [0.29, 0.717) is 25.7 Å². The largest absolute Gasteiger partial charge is 0.416 e. The van der Waals surface area contributed by atoms with Crippen molar-refractivity contribution in [3.05, 3.63) is 58.2 Å². The number of rotatable bonds is 5. The molecule has 3 aliphatic heterocycles. The van der Waals surface area contributed by atoms with Crippen LogP contribution in [0.1, 0.15) is 46.8 Å². The molecule has 1 N–H and O–H groups in total. The summed E-state index contributed by atoms with van der Waals surface area (Å²) in [6.07, 6.45) is 2.48. The summed E-state index contributed by atoms with van der Waals surface area (Å²) in [6, 6.07) is 2.58. The Hall–Kier alpha value is -3.65. The van der Waals surface area contributed by atoms with E-state index in [1.165, 1.54) is 6.07 Å². The quantitative estimate of drug-likeness (QED) is 0.485. The molecule has 7 nitrogen and oxygen atoms in total. The van der Waals surface area contributed by atoms with E-state index >= 15 is 0 Å². The number of fused-ring (bicyclic) bond motifs is 1. The minimum Gasteiger partial charge on any atom is -0.376 e. The topological polar surface area (TPSA) is 59.9 Å². The number of aromatic nitrogens is 2. The second-order valence-electron chi connectivity index (χ2n) is 9.48. The third-order valence-corrected chi connectivity index (χ3v) is 6.94. The van der Waals surface area contributed by atoms with Gasteiger partial charge in [0.1, 0.15) is 11.5 Å². The van der Waals surface area contributed by atoms with Crippen molar-refractivity contribution in [3.8, 4) is 11.8 Å². The Morgan fingerprint density at radius 1 is 1.14 bits per heavy atom. The minimum absolute atomic E-state index is 0.0255. The van der Waals surface area contributed by atoms with E-state index in [9.17, 15) is 17.6 Å². The van der Waals surface area contributed by atoms with Gasteiger partial charge in [0.15, 0.2) is 11.9 Å². The van der Waals surface area contributed by atoms with E-state index in [4.69, 9.17) is 0 Å². The van der Waals surface area contributed by atoms with Gasteiger partial charge in [0, 0.05) is 57.4 Å². The van der Waals surface area contributed by atoms with Gasteiger partial charge in [0.2, 0.25) is 0 Å². The number of piperidine rings is 1. The molecule has 0 saturated carbocycles. The lowest BCUT2D eigenvalue weighted by molar-refractivity contribution is -0.138. The number of hydrogen-bond donors (Lipinski definition) is 1. The molecular formula is C26H27F4N7. The van der Waals surface area contributed by atoms with Gasteiger partial charge in [-0.15, -0.1) is 10.2 Å². The first kappa shape index (κ1) is 25.0. The van der Waals surface area contributed by atoms with Crippen molar-refractivity contribution in [3.63, 3.8) is 0 Å². The van der Waals surface area contributed by atoms with Crippen molar-refractivity contribution in [2.45, 2.75) is 44.2 Å². The number of halogens is 4. The molecule has 1 fully saturated rings. The monoisotopic (exact) mass is 513 g/mol. The van der Waals surface area contributed by atoms with Gasteiger partial charge in [-0.3, -0.25) is 5.01 Å². The maximum atomic E-state index is 13.4. The first-order chi connectivity index (χ1) is 17.7. The van der Waals surface area contributed by atoms with E-state index in [1.54, 1.807) is 11.2 Å². The fourth-order valence-corrected chi connectivity index (χ4v) is 4.95. The molecule has 0 aliphatic carbocycles. The first-order valence-corrected chi connectivity index (χ1v) is 12.1. The molecule has 1 unspecified atom stereocenters.